The van der Waals surface area contributed by atoms with E-state index in [0.717, 1.165) is 39.0 Å². The van der Waals surface area contributed by atoms with Crippen molar-refractivity contribution in [2.75, 3.05) is 26.8 Å². The summed E-state index contributed by atoms with van der Waals surface area (Å²) in [6, 6.07) is 0. The first kappa shape index (κ1) is 13.4. The van der Waals surface area contributed by atoms with Crippen molar-refractivity contribution in [2.45, 2.75) is 26.2 Å². The highest BCUT2D eigenvalue weighted by Gasteiger charge is 1.88. The van der Waals surface area contributed by atoms with Crippen LogP contribution in [0.1, 0.15) is 26.2 Å². The van der Waals surface area contributed by atoms with Crippen LogP contribution in [-0.4, -0.2) is 26.8 Å². The van der Waals surface area contributed by atoms with Crippen molar-refractivity contribution in [3.8, 4) is 0 Å². The third-order valence-electron chi connectivity index (χ3n) is 2.04. The molecular formula is C12H23NO. The molecule has 14 heavy (non-hydrogen) atoms. The van der Waals surface area contributed by atoms with Crippen molar-refractivity contribution in [3.63, 3.8) is 0 Å². The van der Waals surface area contributed by atoms with Crippen LogP contribution in [0.2, 0.25) is 0 Å². The van der Waals surface area contributed by atoms with Crippen molar-refractivity contribution in [2.24, 2.45) is 0 Å². The summed E-state index contributed by atoms with van der Waals surface area (Å²) < 4.78 is 4.93. The fraction of sp³-hybridized carbons (Fsp3) is 0.667. The van der Waals surface area contributed by atoms with Gasteiger partial charge in [-0.3, -0.25) is 0 Å². The third kappa shape index (κ3) is 9.49. The molecule has 0 radical (unpaired) electrons. The van der Waals surface area contributed by atoms with Crippen LogP contribution in [0.15, 0.2) is 24.3 Å². The van der Waals surface area contributed by atoms with Crippen LogP contribution in [0.5, 0.6) is 0 Å². The van der Waals surface area contributed by atoms with Crippen molar-refractivity contribution >= 4 is 0 Å². The van der Waals surface area contributed by atoms with Gasteiger partial charge in [0.1, 0.15) is 0 Å². The largest absolute Gasteiger partial charge is 0.383 e. The summed E-state index contributed by atoms with van der Waals surface area (Å²) in [5.74, 6) is 0. The third-order valence-corrected chi connectivity index (χ3v) is 2.04. The second-order valence-corrected chi connectivity index (χ2v) is 3.41. The van der Waals surface area contributed by atoms with Crippen molar-refractivity contribution in [3.05, 3.63) is 24.3 Å². The molecule has 0 aromatic heterocycles. The average Bonchev–Trinajstić information content (AvgIpc) is 2.20. The summed E-state index contributed by atoms with van der Waals surface area (Å²) in [6.45, 7) is 8.66. The lowest BCUT2D eigenvalue weighted by Crippen LogP contribution is -2.19. The number of nitrogens with one attached hydrogen (secondary N) is 1. The summed E-state index contributed by atoms with van der Waals surface area (Å²) in [7, 11) is 1.72. The van der Waals surface area contributed by atoms with Crippen LogP contribution in [0.25, 0.3) is 0 Å². The number of hydrogen-bond donors (Lipinski definition) is 1. The zero-order valence-corrected chi connectivity index (χ0v) is 9.51. The van der Waals surface area contributed by atoms with Gasteiger partial charge in [0.25, 0.3) is 0 Å². The quantitative estimate of drug-likeness (QED) is 0.453. The predicted octanol–water partition coefficient (Wildman–Crippen LogP) is 2.53. The van der Waals surface area contributed by atoms with Crippen LogP contribution in [0, 0.1) is 0 Å². The van der Waals surface area contributed by atoms with E-state index >= 15 is 0 Å². The zero-order valence-electron chi connectivity index (χ0n) is 9.51. The van der Waals surface area contributed by atoms with Gasteiger partial charge < -0.3 is 10.1 Å². The molecule has 2 nitrogen and oxygen atoms in total. The second-order valence-electron chi connectivity index (χ2n) is 3.41. The molecule has 0 fully saturated rings. The molecule has 1 N–H and O–H groups in total. The van der Waals surface area contributed by atoms with E-state index < -0.39 is 0 Å². The minimum Gasteiger partial charge on any atom is -0.383 e. The maximum atomic E-state index is 4.93. The van der Waals surface area contributed by atoms with E-state index in [1.165, 1.54) is 5.57 Å². The number of ether oxygens (including phenoxy) is 1. The predicted molar refractivity (Wildman–Crippen MR) is 62.6 cm³/mol. The van der Waals surface area contributed by atoms with Crippen LogP contribution in [0.3, 0.4) is 0 Å². The number of allylic oxidation sites excluding steroid dienone is 2. The summed E-state index contributed by atoms with van der Waals surface area (Å²) in [5.41, 5.74) is 1.46. The summed E-state index contributed by atoms with van der Waals surface area (Å²) in [4.78, 5) is 0. The lowest BCUT2D eigenvalue weighted by molar-refractivity contribution is 0.199. The average molecular weight is 197 g/mol. The van der Waals surface area contributed by atoms with Gasteiger partial charge in [-0.2, -0.15) is 0 Å². The maximum absolute atomic E-state index is 4.93. The topological polar surface area (TPSA) is 21.3 Å². The molecule has 0 aliphatic heterocycles. The molecule has 82 valence electrons. The van der Waals surface area contributed by atoms with Gasteiger partial charge in [0.05, 0.1) is 6.61 Å². The molecule has 0 aromatic carbocycles. The lowest BCUT2D eigenvalue weighted by Gasteiger charge is -2.02. The Morgan fingerprint density at radius 2 is 2.14 bits per heavy atom. The Kier molecular flexibility index (Phi) is 10.0. The smallest absolute Gasteiger partial charge is 0.0587 e. The van der Waals surface area contributed by atoms with Gasteiger partial charge in [0.2, 0.25) is 0 Å². The minimum absolute atomic E-state index is 0.791. The number of methoxy groups -OCH3 is 1. The van der Waals surface area contributed by atoms with Crippen LogP contribution < -0.4 is 5.32 Å². The highest BCUT2D eigenvalue weighted by molar-refractivity contribution is 4.99. The van der Waals surface area contributed by atoms with E-state index in [4.69, 9.17) is 4.74 Å². The fourth-order valence-corrected chi connectivity index (χ4v) is 1.15. The van der Waals surface area contributed by atoms with Crippen LogP contribution >= 0.6 is 0 Å². The van der Waals surface area contributed by atoms with Crippen molar-refractivity contribution in [1.82, 2.24) is 5.32 Å². The Hall–Kier alpha value is -0.600. The summed E-state index contributed by atoms with van der Waals surface area (Å²) >= 11 is 0. The Balaban J connectivity index is 3.27. The first-order chi connectivity index (χ1) is 6.81. The molecule has 0 rings (SSSR count). The molecule has 0 bridgehead atoms. The SMILES string of the molecule is C=CCCC(C)=CCCNCCOC. The monoisotopic (exact) mass is 197 g/mol. The fourth-order valence-electron chi connectivity index (χ4n) is 1.15. The summed E-state index contributed by atoms with van der Waals surface area (Å²) in [6.07, 6.45) is 7.59. The van der Waals surface area contributed by atoms with Gasteiger partial charge in [-0.15, -0.1) is 6.58 Å². The first-order valence-corrected chi connectivity index (χ1v) is 5.27. The molecule has 0 aliphatic rings. The van der Waals surface area contributed by atoms with E-state index in [0.29, 0.717) is 0 Å². The van der Waals surface area contributed by atoms with Crippen molar-refractivity contribution in [1.29, 1.82) is 0 Å². The number of rotatable bonds is 9. The lowest BCUT2D eigenvalue weighted by atomic mass is 10.1. The van der Waals surface area contributed by atoms with E-state index in [2.05, 4.69) is 24.9 Å². The highest BCUT2D eigenvalue weighted by Crippen LogP contribution is 2.04. The number of hydrogen-bond acceptors (Lipinski definition) is 2. The Morgan fingerprint density at radius 1 is 1.36 bits per heavy atom. The second kappa shape index (κ2) is 10.5. The zero-order chi connectivity index (χ0) is 10.6. The highest BCUT2D eigenvalue weighted by atomic mass is 16.5. The summed E-state index contributed by atoms with van der Waals surface area (Å²) in [5, 5.41) is 3.31. The van der Waals surface area contributed by atoms with Crippen LogP contribution in [0.4, 0.5) is 0 Å². The molecule has 0 saturated carbocycles. The van der Waals surface area contributed by atoms with E-state index in [1.807, 2.05) is 6.08 Å². The normalized spacial score (nSPS) is 11.7. The molecule has 0 aromatic rings. The standard InChI is InChI=1S/C12H23NO/c1-4-5-7-12(2)8-6-9-13-10-11-14-3/h4,8,13H,1,5-7,9-11H2,2-3H3. The molecule has 0 spiro atoms. The molecule has 0 aliphatic carbocycles. The van der Waals surface area contributed by atoms with Gasteiger partial charge in [0, 0.05) is 13.7 Å². The maximum Gasteiger partial charge on any atom is 0.0587 e. The van der Waals surface area contributed by atoms with E-state index in [1.54, 1.807) is 7.11 Å². The molecule has 2 heteroatoms. The van der Waals surface area contributed by atoms with Gasteiger partial charge in [-0.25, -0.2) is 0 Å². The van der Waals surface area contributed by atoms with Gasteiger partial charge >= 0.3 is 0 Å². The van der Waals surface area contributed by atoms with E-state index in [9.17, 15) is 0 Å². The van der Waals surface area contributed by atoms with Gasteiger partial charge in [0.15, 0.2) is 0 Å². The molecule has 0 unspecified atom stereocenters. The Labute approximate surface area is 88.0 Å². The molecule has 0 atom stereocenters. The minimum atomic E-state index is 0.791. The van der Waals surface area contributed by atoms with Crippen molar-refractivity contribution < 1.29 is 4.74 Å². The van der Waals surface area contributed by atoms with Gasteiger partial charge in [-0.05, 0) is 32.7 Å². The molecule has 0 heterocycles. The Bertz CT molecular complexity index is 164. The molecular weight excluding hydrogens is 174 g/mol. The Morgan fingerprint density at radius 3 is 2.79 bits per heavy atom. The van der Waals surface area contributed by atoms with Gasteiger partial charge in [-0.1, -0.05) is 17.7 Å². The molecule has 0 amide bonds. The van der Waals surface area contributed by atoms with E-state index in [-0.39, 0.29) is 0 Å². The molecule has 0 saturated heterocycles. The first-order valence-electron chi connectivity index (χ1n) is 5.27. The van der Waals surface area contributed by atoms with Crippen LogP contribution in [-0.2, 0) is 4.74 Å².